The molecule has 3 aliphatic carbocycles. The molecular formula is C61H56Au2P2+2. The monoisotopic (exact) mass is 1240 g/mol. The maximum Gasteiger partial charge on any atom is 1.00 e. The van der Waals surface area contributed by atoms with Crippen molar-refractivity contribution in [3.8, 4) is 34.1 Å². The summed E-state index contributed by atoms with van der Waals surface area (Å²) in [5.74, 6) is 5.14. The van der Waals surface area contributed by atoms with Crippen LogP contribution >= 0.6 is 15.8 Å². The van der Waals surface area contributed by atoms with Crippen LogP contribution in [0, 0.1) is 24.7 Å². The van der Waals surface area contributed by atoms with Crippen LogP contribution in [-0.4, -0.2) is 10.6 Å². The summed E-state index contributed by atoms with van der Waals surface area (Å²) >= 11 is 0. The minimum absolute atomic E-state index is 0. The quantitative estimate of drug-likeness (QED) is 0.0674. The number of allylic oxidation sites excluding steroid dienone is 4. The summed E-state index contributed by atoms with van der Waals surface area (Å²) in [6, 6.07) is 63.1. The molecule has 0 fully saturated rings. The van der Waals surface area contributed by atoms with Crippen LogP contribution in [0.4, 0.5) is 0 Å². The van der Waals surface area contributed by atoms with Crippen LogP contribution < -0.4 is 15.9 Å². The zero-order chi connectivity index (χ0) is 44.2. The van der Waals surface area contributed by atoms with Crippen LogP contribution in [0.25, 0.3) is 22.3 Å². The molecular weight excluding hydrogens is 1190 g/mol. The van der Waals surface area contributed by atoms with Gasteiger partial charge in [0.05, 0.1) is 18.9 Å². The van der Waals surface area contributed by atoms with E-state index >= 15 is 0 Å². The Bertz CT molecular complexity index is 2720. The van der Waals surface area contributed by atoms with Gasteiger partial charge < -0.3 is 12.8 Å². The van der Waals surface area contributed by atoms with Gasteiger partial charge in [-0.15, -0.1) is 23.3 Å². The van der Waals surface area contributed by atoms with Crippen molar-refractivity contribution >= 4 is 31.8 Å². The average molecular weight is 1250 g/mol. The second-order valence-corrected chi connectivity index (χ2v) is 25.3. The topological polar surface area (TPSA) is 0 Å². The Balaban J connectivity index is 0.000000168. The normalized spacial score (nSPS) is 15.6. The van der Waals surface area contributed by atoms with Gasteiger partial charge in [-0.2, -0.15) is 0 Å². The van der Waals surface area contributed by atoms with Gasteiger partial charge in [0.2, 0.25) is 0 Å². The van der Waals surface area contributed by atoms with Gasteiger partial charge >= 0.3 is 44.8 Å². The fraction of sp³-hybridized carbons (Fsp3) is 0.180. The minimum atomic E-state index is -0.983. The van der Waals surface area contributed by atoms with Crippen molar-refractivity contribution < 1.29 is 44.8 Å². The van der Waals surface area contributed by atoms with E-state index in [4.69, 9.17) is 12.8 Å². The predicted octanol–water partition coefficient (Wildman–Crippen LogP) is 13.9. The number of hydrogen-bond acceptors (Lipinski definition) is 0. The summed E-state index contributed by atoms with van der Waals surface area (Å²) < 4.78 is 0. The van der Waals surface area contributed by atoms with Crippen LogP contribution in [0.2, 0.25) is 0 Å². The standard InChI is InChI=1S/C27H28P2.2C17H13.2Au/c1-27(2,28(23-15-7-3-8-16-23)24-17-9-4-10-18-24)29(25-19-11-5-12-20-25)26-21-13-6-14-22-26;2*1-4-12-8-7-10-14-13-9-5-6-11-15(13)17(2,3)16(12)14;;/h3-21,26H,22H2,1-2H3;2*5-11H,2-3H3;;/q;2*-1;2*+1/p+2. The van der Waals surface area contributed by atoms with Gasteiger partial charge in [-0.3, -0.25) is 11.8 Å². The van der Waals surface area contributed by atoms with E-state index in [2.05, 4.69) is 229 Å². The van der Waals surface area contributed by atoms with E-state index < -0.39 is 15.8 Å². The van der Waals surface area contributed by atoms with Gasteiger partial charge in [-0.05, 0) is 75.9 Å². The van der Waals surface area contributed by atoms with Crippen LogP contribution in [0.15, 0.2) is 200 Å². The summed E-state index contributed by atoms with van der Waals surface area (Å²) in [4.78, 5) is 0.222. The maximum absolute atomic E-state index is 7.45. The van der Waals surface area contributed by atoms with E-state index in [1.165, 1.54) is 55.1 Å². The van der Waals surface area contributed by atoms with Crippen LogP contribution in [-0.2, 0) is 55.6 Å². The molecule has 0 bridgehead atoms. The Morgan fingerprint density at radius 2 is 0.862 bits per heavy atom. The first-order valence-electron chi connectivity index (χ1n) is 22.1. The smallest absolute Gasteiger partial charge is 0.366 e. The molecule has 0 saturated carbocycles. The molecule has 0 spiro atoms. The Labute approximate surface area is 423 Å². The molecule has 2 unspecified atom stereocenters. The molecule has 10 rings (SSSR count). The fourth-order valence-corrected chi connectivity index (χ4v) is 19.7. The third kappa shape index (κ3) is 9.82. The number of rotatable bonds is 6. The van der Waals surface area contributed by atoms with E-state index in [-0.39, 0.29) is 60.5 Å². The summed E-state index contributed by atoms with van der Waals surface area (Å²) in [7, 11) is -1.87. The predicted molar refractivity (Wildman–Crippen MR) is 276 cm³/mol. The SMILES string of the molecule is CC(C)([PH+](c1ccccc1)c1ccccc1)[PH+](c1ccccc1)C1C=CC=CC1.[Au+].[Au+].[C-]#Cc1cccc2c1C(C)(C)c1ccccc1-2.[C-]#Cc1cccc2c1C(C)(C)c1ccccc1-2. The first-order chi connectivity index (χ1) is 30.5. The van der Waals surface area contributed by atoms with Crippen molar-refractivity contribution in [2.45, 2.75) is 69.3 Å². The molecule has 0 saturated heterocycles. The molecule has 330 valence electrons. The van der Waals surface area contributed by atoms with Crippen molar-refractivity contribution in [3.63, 3.8) is 0 Å². The molecule has 0 aromatic heterocycles. The number of hydrogen-bond donors (Lipinski definition) is 0. The first kappa shape index (κ1) is 49.9. The van der Waals surface area contributed by atoms with Gasteiger partial charge in [0, 0.05) is 31.1 Å². The van der Waals surface area contributed by atoms with Gasteiger partial charge in [0.1, 0.15) is 18.5 Å². The van der Waals surface area contributed by atoms with Crippen molar-refractivity contribution in [2.24, 2.45) is 0 Å². The van der Waals surface area contributed by atoms with Crippen LogP contribution in [0.3, 0.4) is 0 Å². The van der Waals surface area contributed by atoms with E-state index in [9.17, 15) is 0 Å². The van der Waals surface area contributed by atoms with Crippen molar-refractivity contribution in [2.75, 3.05) is 0 Å². The largest absolute Gasteiger partial charge is 1.00 e. The molecule has 0 heterocycles. The van der Waals surface area contributed by atoms with Crippen LogP contribution in [0.5, 0.6) is 0 Å². The summed E-state index contributed by atoms with van der Waals surface area (Å²) in [5, 5.41) is 4.59. The van der Waals surface area contributed by atoms with Gasteiger partial charge in [0.25, 0.3) is 0 Å². The second-order valence-electron chi connectivity index (χ2n) is 18.2. The molecule has 0 aliphatic heterocycles. The van der Waals surface area contributed by atoms with Gasteiger partial charge in [-0.1, -0.05) is 184 Å². The molecule has 0 N–H and O–H groups in total. The number of benzene rings is 7. The van der Waals surface area contributed by atoms with Crippen molar-refractivity contribution in [1.29, 1.82) is 0 Å². The van der Waals surface area contributed by atoms with Gasteiger partial charge in [0.15, 0.2) is 4.90 Å². The van der Waals surface area contributed by atoms with Crippen LogP contribution in [0.1, 0.15) is 81.3 Å². The number of fused-ring (bicyclic) bond motifs is 6. The van der Waals surface area contributed by atoms with E-state index in [1.807, 2.05) is 24.3 Å². The molecule has 0 radical (unpaired) electrons. The first-order valence-corrected chi connectivity index (χ1v) is 25.1. The third-order valence-electron chi connectivity index (χ3n) is 13.3. The Hall–Kier alpha value is -4.52. The molecule has 0 nitrogen and oxygen atoms in total. The minimum Gasteiger partial charge on any atom is -0.366 e. The van der Waals surface area contributed by atoms with Crippen molar-refractivity contribution in [1.82, 2.24) is 0 Å². The molecule has 65 heavy (non-hydrogen) atoms. The average Bonchev–Trinajstić information content (AvgIpc) is 3.71. The van der Waals surface area contributed by atoms with Crippen molar-refractivity contribution in [3.05, 3.63) is 246 Å². The summed E-state index contributed by atoms with van der Waals surface area (Å²) in [6.45, 7) is 14.0. The van der Waals surface area contributed by atoms with E-state index in [0.29, 0.717) is 5.66 Å². The molecule has 4 heteroatoms. The third-order valence-corrected chi connectivity index (χ3v) is 21.4. The second kappa shape index (κ2) is 21.4. The zero-order valence-corrected chi connectivity index (χ0v) is 44.3. The summed E-state index contributed by atoms with van der Waals surface area (Å²) in [6.07, 6.45) is 25.3. The molecule has 2 atom stereocenters. The zero-order valence-electron chi connectivity index (χ0n) is 37.9. The van der Waals surface area contributed by atoms with E-state index in [0.717, 1.165) is 17.5 Å². The molecule has 0 amide bonds. The van der Waals surface area contributed by atoms with E-state index in [1.54, 1.807) is 5.30 Å². The molecule has 7 aromatic carbocycles. The fourth-order valence-electron chi connectivity index (χ4n) is 10.6. The van der Waals surface area contributed by atoms with Gasteiger partial charge in [-0.25, -0.2) is 0 Å². The maximum atomic E-state index is 7.45. The molecule has 3 aliphatic rings. The summed E-state index contributed by atoms with van der Waals surface area (Å²) in [5.41, 5.74) is 12.6. The molecule has 7 aromatic rings. The Kier molecular flexibility index (Phi) is 16.4. The Morgan fingerprint density at radius 3 is 1.26 bits per heavy atom. The Morgan fingerprint density at radius 1 is 0.477 bits per heavy atom.